The average molecular weight is 1480 g/mol. The number of phosphoric acid groups is 2. The summed E-state index contributed by atoms with van der Waals surface area (Å²) in [7, 11) is -9.97. The van der Waals surface area contributed by atoms with E-state index in [0.717, 1.165) is 167 Å². The SMILES string of the molecule is CC/C=C\C/C=C\C/C=C\C/C=C\C/C=C\CCCCCC(=O)OC[C@H](COP(=O)(O)OC[C@@H](O)COP(=O)(O)OC[C@@H](COC(=O)CCCCCCC/C=C\C/C=C\CCCCC)OC(=O)CCCCCCC/C=C\C/C=C\CCCCC)OC(=O)CCCCCCCCCCCCCCC. The van der Waals surface area contributed by atoms with Gasteiger partial charge in [0.15, 0.2) is 12.2 Å². The molecular weight excluding hydrogens is 1330 g/mol. The highest BCUT2D eigenvalue weighted by Gasteiger charge is 2.30. The van der Waals surface area contributed by atoms with Crippen molar-refractivity contribution in [2.75, 3.05) is 39.6 Å². The Balaban J connectivity index is 5.38. The van der Waals surface area contributed by atoms with E-state index in [1.54, 1.807) is 0 Å². The normalized spacial score (nSPS) is 14.5. The Morgan fingerprint density at radius 1 is 0.284 bits per heavy atom. The van der Waals surface area contributed by atoms with E-state index in [1.165, 1.54) is 89.9 Å². The van der Waals surface area contributed by atoms with E-state index < -0.39 is 97.5 Å². The van der Waals surface area contributed by atoms with Gasteiger partial charge >= 0.3 is 39.5 Å². The maximum absolute atomic E-state index is 13.1. The van der Waals surface area contributed by atoms with Crippen molar-refractivity contribution in [3.05, 3.63) is 109 Å². The number of phosphoric ester groups is 2. The Morgan fingerprint density at radius 3 is 0.814 bits per heavy atom. The fourth-order valence-electron chi connectivity index (χ4n) is 10.6. The molecular formula is C83H144O17P2. The Hall–Kier alpha value is -4.28. The van der Waals surface area contributed by atoms with Gasteiger partial charge in [-0.2, -0.15) is 0 Å². The zero-order valence-electron chi connectivity index (χ0n) is 64.3. The summed E-state index contributed by atoms with van der Waals surface area (Å²) in [5, 5.41) is 10.6. The van der Waals surface area contributed by atoms with Crippen LogP contribution in [0.2, 0.25) is 0 Å². The van der Waals surface area contributed by atoms with Gasteiger partial charge in [0.1, 0.15) is 19.3 Å². The molecule has 5 atom stereocenters. The van der Waals surface area contributed by atoms with Gasteiger partial charge in [-0.05, 0) is 135 Å². The van der Waals surface area contributed by atoms with Crippen molar-refractivity contribution in [2.24, 2.45) is 0 Å². The summed E-state index contributed by atoms with van der Waals surface area (Å²) in [6.07, 6.45) is 80.6. The highest BCUT2D eigenvalue weighted by Crippen LogP contribution is 2.45. The highest BCUT2D eigenvalue weighted by atomic mass is 31.2. The van der Waals surface area contributed by atoms with Crippen LogP contribution in [0.1, 0.15) is 336 Å². The number of ether oxygens (including phenoxy) is 4. The molecule has 0 saturated heterocycles. The van der Waals surface area contributed by atoms with E-state index in [9.17, 15) is 43.2 Å². The summed E-state index contributed by atoms with van der Waals surface area (Å²) >= 11 is 0. The molecule has 0 aromatic heterocycles. The maximum atomic E-state index is 13.1. The largest absolute Gasteiger partial charge is 0.472 e. The predicted octanol–water partition coefficient (Wildman–Crippen LogP) is 23.3. The third-order valence-electron chi connectivity index (χ3n) is 16.7. The lowest BCUT2D eigenvalue weighted by molar-refractivity contribution is -0.161. The number of hydrogen-bond donors (Lipinski definition) is 3. The minimum absolute atomic E-state index is 0.0753. The highest BCUT2D eigenvalue weighted by molar-refractivity contribution is 7.47. The van der Waals surface area contributed by atoms with Crippen molar-refractivity contribution in [3.8, 4) is 0 Å². The molecule has 19 heteroatoms. The summed E-state index contributed by atoms with van der Waals surface area (Å²) in [6.45, 7) is 4.67. The van der Waals surface area contributed by atoms with Gasteiger partial charge in [-0.25, -0.2) is 9.13 Å². The van der Waals surface area contributed by atoms with Crippen LogP contribution in [0.4, 0.5) is 0 Å². The molecule has 0 fully saturated rings. The number of unbranched alkanes of at least 4 members (excludes halogenated alkanes) is 31. The molecule has 588 valence electrons. The molecule has 0 bridgehead atoms. The van der Waals surface area contributed by atoms with Crippen LogP contribution in [0.3, 0.4) is 0 Å². The Bertz CT molecular complexity index is 2360. The fraction of sp³-hybridized carbons (Fsp3) is 0.735. The summed E-state index contributed by atoms with van der Waals surface area (Å²) < 4.78 is 68.6. The molecule has 0 heterocycles. The van der Waals surface area contributed by atoms with Crippen LogP contribution in [0, 0.1) is 0 Å². The minimum atomic E-state index is -4.98. The van der Waals surface area contributed by atoms with Crippen LogP contribution in [0.25, 0.3) is 0 Å². The van der Waals surface area contributed by atoms with E-state index in [2.05, 4.69) is 137 Å². The average Bonchev–Trinajstić information content (AvgIpc) is 0.908. The van der Waals surface area contributed by atoms with E-state index in [4.69, 9.17) is 37.0 Å². The number of carbonyl (C=O) groups is 4. The van der Waals surface area contributed by atoms with Crippen LogP contribution < -0.4 is 0 Å². The van der Waals surface area contributed by atoms with Crippen LogP contribution in [0.5, 0.6) is 0 Å². The first-order valence-corrected chi connectivity index (χ1v) is 43.1. The van der Waals surface area contributed by atoms with Gasteiger partial charge in [-0.1, -0.05) is 285 Å². The van der Waals surface area contributed by atoms with E-state index in [0.29, 0.717) is 25.7 Å². The standard InChI is InChI=1S/C83H144O17P2/c1-5-9-13-17-21-25-29-33-36-37-38-39-42-45-48-52-56-60-64-68-81(86)94-73-78(99-82(87)69-65-61-57-53-49-43-32-28-24-20-16-12-8-4)75-97-101(89,90)95-71-77(84)72-96-102(91,92)98-76-79(100-83(88)70-66-62-58-54-50-46-41-35-31-27-23-19-15-11-7-3)74-93-80(85)67-63-59-55-51-47-44-40-34-30-26-22-18-14-10-6-2/h9,13,21-23,25-27,33-36,38-41,45,48,77-79,84H,5-8,10-12,14-20,24,28-32,37,42-44,46-47,49-76H2,1-4H3,(H,89,90)(H,91,92)/b13-9-,25-21-,26-22-,27-23-,36-33-,39-38-,40-34-,41-35-,48-45-/t77-,78-,79-/m1/s1. The van der Waals surface area contributed by atoms with Gasteiger partial charge in [-0.3, -0.25) is 37.3 Å². The number of allylic oxidation sites excluding steroid dienone is 18. The van der Waals surface area contributed by atoms with Gasteiger partial charge < -0.3 is 33.8 Å². The number of aliphatic hydroxyl groups excluding tert-OH is 1. The Kier molecular flexibility index (Phi) is 71.8. The minimum Gasteiger partial charge on any atom is -0.462 e. The van der Waals surface area contributed by atoms with Crippen molar-refractivity contribution >= 4 is 39.5 Å². The van der Waals surface area contributed by atoms with Crippen LogP contribution in [-0.4, -0.2) is 96.7 Å². The third kappa shape index (κ3) is 74.0. The van der Waals surface area contributed by atoms with Crippen LogP contribution >= 0.6 is 15.6 Å². The van der Waals surface area contributed by atoms with Crippen molar-refractivity contribution in [1.82, 2.24) is 0 Å². The van der Waals surface area contributed by atoms with Gasteiger partial charge in [-0.15, -0.1) is 0 Å². The molecule has 0 spiro atoms. The second kappa shape index (κ2) is 75.0. The van der Waals surface area contributed by atoms with Crippen molar-refractivity contribution in [2.45, 2.75) is 354 Å². The quantitative estimate of drug-likeness (QED) is 0.0169. The number of esters is 4. The number of aliphatic hydroxyl groups is 1. The summed E-state index contributed by atoms with van der Waals surface area (Å²) in [4.78, 5) is 73.0. The Labute approximate surface area is 619 Å². The lowest BCUT2D eigenvalue weighted by Crippen LogP contribution is -2.30. The molecule has 2 unspecified atom stereocenters. The maximum Gasteiger partial charge on any atom is 0.472 e. The van der Waals surface area contributed by atoms with Gasteiger partial charge in [0.25, 0.3) is 0 Å². The zero-order chi connectivity index (χ0) is 74.6. The smallest absolute Gasteiger partial charge is 0.462 e. The first kappa shape index (κ1) is 97.7. The second-order valence-corrected chi connectivity index (χ2v) is 29.5. The molecule has 0 aliphatic carbocycles. The zero-order valence-corrected chi connectivity index (χ0v) is 66.0. The lowest BCUT2D eigenvalue weighted by atomic mass is 10.0. The van der Waals surface area contributed by atoms with Crippen LogP contribution in [0.15, 0.2) is 109 Å². The van der Waals surface area contributed by atoms with Gasteiger partial charge in [0.2, 0.25) is 0 Å². The molecule has 0 aromatic rings. The van der Waals surface area contributed by atoms with Crippen molar-refractivity contribution in [3.63, 3.8) is 0 Å². The first-order chi connectivity index (χ1) is 49.7. The number of hydrogen-bond acceptors (Lipinski definition) is 15. The van der Waals surface area contributed by atoms with Crippen molar-refractivity contribution in [1.29, 1.82) is 0 Å². The number of rotatable bonds is 75. The molecule has 3 N–H and O–H groups in total. The molecule has 0 aliphatic heterocycles. The first-order valence-electron chi connectivity index (χ1n) is 40.1. The monoisotopic (exact) mass is 1470 g/mol. The lowest BCUT2D eigenvalue weighted by Gasteiger charge is -2.21. The Morgan fingerprint density at radius 2 is 0.510 bits per heavy atom. The summed E-state index contributed by atoms with van der Waals surface area (Å²) in [5.74, 6) is -2.23. The molecule has 17 nitrogen and oxygen atoms in total. The topological polar surface area (TPSA) is 237 Å². The molecule has 102 heavy (non-hydrogen) atoms. The van der Waals surface area contributed by atoms with Gasteiger partial charge in [0, 0.05) is 25.7 Å². The molecule has 0 saturated carbocycles. The second-order valence-electron chi connectivity index (χ2n) is 26.6. The van der Waals surface area contributed by atoms with Crippen LogP contribution in [-0.2, 0) is 65.4 Å². The molecule has 0 radical (unpaired) electrons. The number of carbonyl (C=O) groups excluding carboxylic acids is 4. The molecule has 0 aromatic carbocycles. The van der Waals surface area contributed by atoms with Gasteiger partial charge in [0.05, 0.1) is 26.4 Å². The summed E-state index contributed by atoms with van der Waals surface area (Å²) in [5.41, 5.74) is 0. The fourth-order valence-corrected chi connectivity index (χ4v) is 12.2. The third-order valence-corrected chi connectivity index (χ3v) is 18.6. The van der Waals surface area contributed by atoms with E-state index in [1.807, 2.05) is 0 Å². The molecule has 0 rings (SSSR count). The van der Waals surface area contributed by atoms with Crippen molar-refractivity contribution < 1.29 is 80.2 Å². The predicted molar refractivity (Wildman–Crippen MR) is 418 cm³/mol. The summed E-state index contributed by atoms with van der Waals surface area (Å²) in [6, 6.07) is 0. The van der Waals surface area contributed by atoms with E-state index in [-0.39, 0.29) is 25.7 Å². The molecule has 0 aliphatic rings. The molecule has 0 amide bonds. The van der Waals surface area contributed by atoms with E-state index >= 15 is 0 Å².